The summed E-state index contributed by atoms with van der Waals surface area (Å²) in [4.78, 5) is 13.0. The Hall–Kier alpha value is -1.75. The van der Waals surface area contributed by atoms with Crippen molar-refractivity contribution in [1.82, 2.24) is 15.0 Å². The largest absolute Gasteiger partial charge is 0.471 e. The predicted octanol–water partition coefficient (Wildman–Crippen LogP) is 1.41. The van der Waals surface area contributed by atoms with E-state index in [1.807, 2.05) is 13.0 Å². The monoisotopic (exact) mass is 245 g/mol. The number of hydrogen-bond acceptors (Lipinski definition) is 5. The molecule has 3 heterocycles. The summed E-state index contributed by atoms with van der Waals surface area (Å²) < 4.78 is 5.79. The van der Waals surface area contributed by atoms with Crippen molar-refractivity contribution in [1.29, 1.82) is 0 Å². The second-order valence-corrected chi connectivity index (χ2v) is 4.72. The first-order valence-corrected chi connectivity index (χ1v) is 6.11. The molecule has 0 bridgehead atoms. The molecular formula is C13H15N3O2. The molecule has 1 aliphatic rings. The second kappa shape index (κ2) is 4.17. The minimum Gasteiger partial charge on any atom is -0.471 e. The average molecular weight is 245 g/mol. The molecule has 5 nitrogen and oxygen atoms in total. The van der Waals surface area contributed by atoms with Gasteiger partial charge in [-0.2, -0.15) is 0 Å². The Kier molecular flexibility index (Phi) is 2.63. The Balaban J connectivity index is 2.19. The number of rotatable bonds is 1. The van der Waals surface area contributed by atoms with Gasteiger partial charge in [0, 0.05) is 5.69 Å². The molecule has 0 aromatic carbocycles. The minimum absolute atomic E-state index is 0.238. The Morgan fingerprint density at radius 1 is 1.44 bits per heavy atom. The van der Waals surface area contributed by atoms with Crippen LogP contribution in [0.15, 0.2) is 12.4 Å². The molecule has 0 spiro atoms. The van der Waals surface area contributed by atoms with Gasteiger partial charge in [0.05, 0.1) is 22.7 Å². The smallest absolute Gasteiger partial charge is 0.226 e. The topological polar surface area (TPSA) is 68.1 Å². The quantitative estimate of drug-likeness (QED) is 0.822. The molecule has 18 heavy (non-hydrogen) atoms. The van der Waals surface area contributed by atoms with E-state index in [-0.39, 0.29) is 6.10 Å². The molecule has 0 saturated heterocycles. The molecular weight excluding hydrogens is 230 g/mol. The van der Waals surface area contributed by atoms with Gasteiger partial charge < -0.3 is 9.84 Å². The zero-order valence-electron chi connectivity index (χ0n) is 10.4. The summed E-state index contributed by atoms with van der Waals surface area (Å²) in [5, 5.41) is 10.6. The molecule has 94 valence electrons. The summed E-state index contributed by atoms with van der Waals surface area (Å²) in [7, 11) is 0. The molecule has 0 saturated carbocycles. The van der Waals surface area contributed by atoms with Crippen molar-refractivity contribution in [2.75, 3.05) is 0 Å². The van der Waals surface area contributed by atoms with Crippen molar-refractivity contribution >= 4 is 10.9 Å². The number of aryl methyl sites for hydroxylation is 2. The number of ether oxygens (including phenoxy) is 1. The standard InChI is InChI=1S/C13H15N3O2/c1-7-5-10-12-9(16-7)3-4-11(8(2)17)18-13(12)15-6-14-10/h5-6,8,11,17H,3-4H2,1-2H3/t8?,11-/m1/s1. The van der Waals surface area contributed by atoms with E-state index < -0.39 is 6.10 Å². The van der Waals surface area contributed by atoms with Gasteiger partial charge in [0.2, 0.25) is 5.88 Å². The molecule has 1 aliphatic heterocycles. The number of pyridine rings is 1. The highest BCUT2D eigenvalue weighted by atomic mass is 16.5. The maximum atomic E-state index is 9.70. The van der Waals surface area contributed by atoms with Crippen LogP contribution < -0.4 is 4.74 Å². The third-order valence-electron chi connectivity index (χ3n) is 3.25. The highest BCUT2D eigenvalue weighted by Crippen LogP contribution is 2.30. The fraction of sp³-hybridized carbons (Fsp3) is 0.462. The lowest BCUT2D eigenvalue weighted by Crippen LogP contribution is -2.29. The van der Waals surface area contributed by atoms with Crippen LogP contribution in [0.2, 0.25) is 0 Å². The third kappa shape index (κ3) is 1.80. The highest BCUT2D eigenvalue weighted by Gasteiger charge is 2.25. The molecule has 1 N–H and O–H groups in total. The van der Waals surface area contributed by atoms with Crippen LogP contribution in [0.25, 0.3) is 10.9 Å². The van der Waals surface area contributed by atoms with Gasteiger partial charge in [0.1, 0.15) is 12.4 Å². The molecule has 2 aromatic heterocycles. The SMILES string of the molecule is Cc1cc2ncnc3c2c(n1)CC[C@H](C(C)O)O3. The number of aliphatic hydroxyl groups excluding tert-OH is 1. The van der Waals surface area contributed by atoms with Crippen LogP contribution in [-0.2, 0) is 6.42 Å². The zero-order chi connectivity index (χ0) is 12.7. The summed E-state index contributed by atoms with van der Waals surface area (Å²) in [6, 6.07) is 1.93. The van der Waals surface area contributed by atoms with E-state index in [1.54, 1.807) is 6.92 Å². The molecule has 0 fully saturated rings. The average Bonchev–Trinajstić information content (AvgIpc) is 2.50. The molecule has 3 rings (SSSR count). The fourth-order valence-corrected chi connectivity index (χ4v) is 2.35. The van der Waals surface area contributed by atoms with Crippen LogP contribution in [0.3, 0.4) is 0 Å². The van der Waals surface area contributed by atoms with Gasteiger partial charge in [-0.3, -0.25) is 4.98 Å². The lowest BCUT2D eigenvalue weighted by Gasteiger charge is -2.18. The van der Waals surface area contributed by atoms with E-state index in [1.165, 1.54) is 6.33 Å². The predicted molar refractivity (Wildman–Crippen MR) is 66.5 cm³/mol. The van der Waals surface area contributed by atoms with Crippen LogP contribution >= 0.6 is 0 Å². The maximum absolute atomic E-state index is 9.70. The van der Waals surface area contributed by atoms with Gasteiger partial charge in [-0.25, -0.2) is 9.97 Å². The van der Waals surface area contributed by atoms with Crippen LogP contribution in [-0.4, -0.2) is 32.3 Å². The van der Waals surface area contributed by atoms with Gasteiger partial charge in [-0.15, -0.1) is 0 Å². The van der Waals surface area contributed by atoms with Crippen LogP contribution in [0.1, 0.15) is 24.7 Å². The van der Waals surface area contributed by atoms with Crippen molar-refractivity contribution in [3.63, 3.8) is 0 Å². The van der Waals surface area contributed by atoms with E-state index in [9.17, 15) is 5.11 Å². The molecule has 0 aliphatic carbocycles. The lowest BCUT2D eigenvalue weighted by molar-refractivity contribution is 0.0433. The fourth-order valence-electron chi connectivity index (χ4n) is 2.35. The molecule has 0 radical (unpaired) electrons. The third-order valence-corrected chi connectivity index (χ3v) is 3.25. The number of aliphatic hydroxyl groups is 1. The van der Waals surface area contributed by atoms with Crippen molar-refractivity contribution in [2.45, 2.75) is 38.9 Å². The van der Waals surface area contributed by atoms with Crippen molar-refractivity contribution < 1.29 is 9.84 Å². The first-order valence-electron chi connectivity index (χ1n) is 6.11. The normalized spacial score (nSPS) is 20.3. The lowest BCUT2D eigenvalue weighted by atomic mass is 10.1. The van der Waals surface area contributed by atoms with Crippen LogP contribution in [0.4, 0.5) is 0 Å². The maximum Gasteiger partial charge on any atom is 0.226 e. The summed E-state index contributed by atoms with van der Waals surface area (Å²) in [5.41, 5.74) is 2.76. The van der Waals surface area contributed by atoms with E-state index in [0.717, 1.165) is 35.1 Å². The van der Waals surface area contributed by atoms with Crippen molar-refractivity contribution in [2.24, 2.45) is 0 Å². The molecule has 2 atom stereocenters. The van der Waals surface area contributed by atoms with Crippen molar-refractivity contribution in [3.8, 4) is 5.88 Å². The number of hydrogen-bond donors (Lipinski definition) is 1. The van der Waals surface area contributed by atoms with Gasteiger partial charge >= 0.3 is 0 Å². The second-order valence-electron chi connectivity index (χ2n) is 4.72. The van der Waals surface area contributed by atoms with Gasteiger partial charge in [0.25, 0.3) is 0 Å². The number of nitrogens with zero attached hydrogens (tertiary/aromatic N) is 3. The summed E-state index contributed by atoms with van der Waals surface area (Å²) in [6.07, 6.45) is 2.24. The van der Waals surface area contributed by atoms with E-state index in [2.05, 4.69) is 15.0 Å². The Bertz CT molecular complexity index is 598. The Morgan fingerprint density at radius 3 is 3.06 bits per heavy atom. The van der Waals surface area contributed by atoms with E-state index >= 15 is 0 Å². The summed E-state index contributed by atoms with van der Waals surface area (Å²) in [6.45, 7) is 3.69. The Labute approximate surface area is 105 Å². The van der Waals surface area contributed by atoms with E-state index in [0.29, 0.717) is 5.88 Å². The number of aromatic nitrogens is 3. The summed E-state index contributed by atoms with van der Waals surface area (Å²) >= 11 is 0. The first kappa shape index (κ1) is 11.3. The van der Waals surface area contributed by atoms with Gasteiger partial charge in [-0.1, -0.05) is 0 Å². The van der Waals surface area contributed by atoms with E-state index in [4.69, 9.17) is 4.74 Å². The first-order chi connectivity index (χ1) is 8.65. The summed E-state index contributed by atoms with van der Waals surface area (Å²) in [5.74, 6) is 0.533. The molecule has 1 unspecified atom stereocenters. The Morgan fingerprint density at radius 2 is 2.28 bits per heavy atom. The molecule has 2 aromatic rings. The molecule has 5 heteroatoms. The van der Waals surface area contributed by atoms with Gasteiger partial charge in [-0.05, 0) is 32.8 Å². The van der Waals surface area contributed by atoms with Crippen LogP contribution in [0, 0.1) is 6.92 Å². The molecule has 0 amide bonds. The zero-order valence-corrected chi connectivity index (χ0v) is 10.4. The van der Waals surface area contributed by atoms with Crippen molar-refractivity contribution in [3.05, 3.63) is 23.8 Å². The van der Waals surface area contributed by atoms with Gasteiger partial charge in [0.15, 0.2) is 0 Å². The van der Waals surface area contributed by atoms with Crippen LogP contribution in [0.5, 0.6) is 5.88 Å². The highest BCUT2D eigenvalue weighted by molar-refractivity contribution is 5.86. The minimum atomic E-state index is -0.523.